The Morgan fingerprint density at radius 1 is 1.31 bits per heavy atom. The molecular weight excluding hydrogens is 406 g/mol. The lowest BCUT2D eigenvalue weighted by Gasteiger charge is -2.42. The van der Waals surface area contributed by atoms with Gasteiger partial charge in [-0.2, -0.15) is 5.01 Å². The first-order valence-corrected chi connectivity index (χ1v) is 9.08. The number of fused-ring (bicyclic) bond motifs is 1. The van der Waals surface area contributed by atoms with E-state index in [0.717, 1.165) is 10.0 Å². The van der Waals surface area contributed by atoms with Gasteiger partial charge in [0, 0.05) is 17.1 Å². The van der Waals surface area contributed by atoms with E-state index in [2.05, 4.69) is 31.7 Å². The summed E-state index contributed by atoms with van der Waals surface area (Å²) in [6, 6.07) is 5.71. The summed E-state index contributed by atoms with van der Waals surface area (Å²) in [5.41, 5.74) is 4.25. The summed E-state index contributed by atoms with van der Waals surface area (Å²) in [6.07, 6.45) is 1.05. The second-order valence-corrected chi connectivity index (χ2v) is 6.71. The molecule has 0 aromatic heterocycles. The number of ether oxygens (including phenoxy) is 4. The summed E-state index contributed by atoms with van der Waals surface area (Å²) >= 11 is 3.53. The third-order valence-electron chi connectivity index (χ3n) is 4.30. The number of methoxy groups -OCH3 is 2. The van der Waals surface area contributed by atoms with Crippen molar-refractivity contribution in [3.8, 4) is 11.5 Å². The van der Waals surface area contributed by atoms with Crippen LogP contribution >= 0.6 is 15.9 Å². The lowest BCUT2D eigenvalue weighted by Crippen LogP contribution is -2.58. The summed E-state index contributed by atoms with van der Waals surface area (Å²) in [4.78, 5) is 11.7. The second-order valence-electron chi connectivity index (χ2n) is 5.79. The smallest absolute Gasteiger partial charge is 0.493 e. The van der Waals surface area contributed by atoms with E-state index in [9.17, 15) is 4.79 Å². The molecule has 0 radical (unpaired) electrons. The number of hydrogen-bond donors (Lipinski definition) is 2. The molecule has 3 atom stereocenters. The number of nitrogens with zero attached hydrogens (tertiary/aromatic N) is 1. The van der Waals surface area contributed by atoms with E-state index in [-0.39, 0.29) is 18.8 Å². The number of carbonyl (C=O) groups is 1. The average Bonchev–Trinajstić information content (AvgIpc) is 3.01. The van der Waals surface area contributed by atoms with Crippen LogP contribution in [0.3, 0.4) is 0 Å². The Morgan fingerprint density at radius 3 is 2.77 bits per heavy atom. The van der Waals surface area contributed by atoms with E-state index in [1.807, 2.05) is 24.4 Å². The Kier molecular flexibility index (Phi) is 5.90. The highest BCUT2D eigenvalue weighted by atomic mass is 79.9. The molecule has 1 fully saturated rings. The molecule has 1 saturated heterocycles. The Labute approximate surface area is 160 Å². The van der Waals surface area contributed by atoms with Crippen molar-refractivity contribution in [1.82, 2.24) is 15.8 Å². The van der Waals surface area contributed by atoms with Crippen molar-refractivity contribution < 1.29 is 23.7 Å². The van der Waals surface area contributed by atoms with Crippen molar-refractivity contribution in [3.63, 3.8) is 0 Å². The van der Waals surface area contributed by atoms with Crippen molar-refractivity contribution in [2.24, 2.45) is 0 Å². The molecule has 2 aliphatic heterocycles. The highest BCUT2D eigenvalue weighted by molar-refractivity contribution is 9.11. The lowest BCUT2D eigenvalue weighted by molar-refractivity contribution is -0.0540. The molecular formula is C17H22BrN3O5. The highest BCUT2D eigenvalue weighted by Gasteiger charge is 2.41. The van der Waals surface area contributed by atoms with E-state index in [1.165, 1.54) is 0 Å². The van der Waals surface area contributed by atoms with Gasteiger partial charge in [-0.3, -0.25) is 5.32 Å². The van der Waals surface area contributed by atoms with Crippen molar-refractivity contribution in [2.45, 2.75) is 31.8 Å². The molecule has 0 spiro atoms. The molecule has 1 aromatic rings. The van der Waals surface area contributed by atoms with Gasteiger partial charge in [0.2, 0.25) is 0 Å². The van der Waals surface area contributed by atoms with Gasteiger partial charge in [-0.25, -0.2) is 4.79 Å². The molecule has 3 rings (SSSR count). The molecule has 0 bridgehead atoms. The highest BCUT2D eigenvalue weighted by Crippen LogP contribution is 2.39. The molecule has 0 saturated carbocycles. The number of halogens is 1. The number of rotatable bonds is 5. The van der Waals surface area contributed by atoms with E-state index >= 15 is 0 Å². The van der Waals surface area contributed by atoms with Gasteiger partial charge in [0.25, 0.3) is 0 Å². The summed E-state index contributed by atoms with van der Waals surface area (Å²) in [6.45, 7) is 2.01. The Balaban J connectivity index is 1.85. The van der Waals surface area contributed by atoms with Crippen LogP contribution in [0.25, 0.3) is 0 Å². The van der Waals surface area contributed by atoms with Gasteiger partial charge in [0.15, 0.2) is 17.7 Å². The first-order valence-electron chi connectivity index (χ1n) is 8.28. The molecule has 2 heterocycles. The van der Waals surface area contributed by atoms with Crippen LogP contribution in [0.15, 0.2) is 28.9 Å². The number of hydrazine groups is 1. The maximum atomic E-state index is 11.7. The molecule has 9 heteroatoms. The van der Waals surface area contributed by atoms with E-state index in [0.29, 0.717) is 17.9 Å². The normalized spacial score (nSPS) is 24.9. The zero-order valence-corrected chi connectivity index (χ0v) is 16.4. The van der Waals surface area contributed by atoms with Crippen molar-refractivity contribution in [3.05, 3.63) is 34.4 Å². The summed E-state index contributed by atoms with van der Waals surface area (Å²) in [5.74, 6) is 1.31. The first kappa shape index (κ1) is 18.8. The largest absolute Gasteiger partial charge is 0.509 e. The predicted molar refractivity (Wildman–Crippen MR) is 97.7 cm³/mol. The topological polar surface area (TPSA) is 81.3 Å². The maximum Gasteiger partial charge on any atom is 0.509 e. The minimum absolute atomic E-state index is 0.0632. The van der Waals surface area contributed by atoms with Crippen molar-refractivity contribution >= 4 is 22.1 Å². The summed E-state index contributed by atoms with van der Waals surface area (Å²) in [7, 11) is 3.20. The molecule has 1 aromatic carbocycles. The Hall–Kier alpha value is -1.97. The van der Waals surface area contributed by atoms with Crippen LogP contribution in [0.1, 0.15) is 24.9 Å². The molecule has 2 aliphatic rings. The predicted octanol–water partition coefficient (Wildman–Crippen LogP) is 2.62. The summed E-state index contributed by atoms with van der Waals surface area (Å²) < 4.78 is 22.0. The maximum absolute atomic E-state index is 11.7. The zero-order chi connectivity index (χ0) is 18.7. The number of hydrogen-bond acceptors (Lipinski definition) is 8. The minimum Gasteiger partial charge on any atom is -0.493 e. The van der Waals surface area contributed by atoms with Gasteiger partial charge < -0.3 is 24.4 Å². The molecule has 2 N–H and O–H groups in total. The van der Waals surface area contributed by atoms with Gasteiger partial charge in [-0.15, -0.1) is 0 Å². The van der Waals surface area contributed by atoms with Gasteiger partial charge >= 0.3 is 6.16 Å². The van der Waals surface area contributed by atoms with Gasteiger partial charge in [-0.05, 0) is 24.6 Å². The van der Waals surface area contributed by atoms with Crippen LogP contribution in [-0.4, -0.2) is 44.4 Å². The molecule has 0 amide bonds. The fourth-order valence-electron chi connectivity index (χ4n) is 3.12. The van der Waals surface area contributed by atoms with Crippen molar-refractivity contribution in [1.29, 1.82) is 0 Å². The van der Waals surface area contributed by atoms with Crippen LogP contribution < -0.4 is 20.2 Å². The molecule has 0 aliphatic carbocycles. The van der Waals surface area contributed by atoms with Crippen molar-refractivity contribution in [2.75, 3.05) is 20.8 Å². The fraction of sp³-hybridized carbons (Fsp3) is 0.471. The lowest BCUT2D eigenvalue weighted by atomic mass is 9.99. The molecule has 3 unspecified atom stereocenters. The SMILES string of the molecule is CCOC(=O)OC1CC(c2ccc(OC)c(OC)c2)N2NC=C(Br)C2N1. The molecule has 26 heavy (non-hydrogen) atoms. The molecule has 142 valence electrons. The Bertz CT molecular complexity index is 699. The second kappa shape index (κ2) is 8.15. The standard InChI is InChI=1S/C17H22BrN3O5/c1-4-25-17(22)26-15-8-12(21-16(20-15)11(18)9-19-21)10-5-6-13(23-2)14(7-10)24-3/h5-7,9,12,15-16,19-20H,4,8H2,1-3H3. The fourth-order valence-corrected chi connectivity index (χ4v) is 3.57. The molecule has 8 nitrogen and oxygen atoms in total. The van der Waals surface area contributed by atoms with Crippen LogP contribution in [0.4, 0.5) is 4.79 Å². The third kappa shape index (κ3) is 3.74. The monoisotopic (exact) mass is 427 g/mol. The first-order chi connectivity index (χ1) is 12.6. The minimum atomic E-state index is -0.685. The van der Waals surface area contributed by atoms with Crippen LogP contribution in [0, 0.1) is 0 Å². The van der Waals surface area contributed by atoms with Crippen LogP contribution in [0.2, 0.25) is 0 Å². The zero-order valence-electron chi connectivity index (χ0n) is 14.8. The van der Waals surface area contributed by atoms with Gasteiger partial charge in [0.05, 0.1) is 26.9 Å². The quantitative estimate of drug-likeness (QED) is 0.693. The third-order valence-corrected chi connectivity index (χ3v) is 4.96. The number of nitrogens with one attached hydrogen (secondary N) is 2. The average molecular weight is 428 g/mol. The number of benzene rings is 1. The van der Waals surface area contributed by atoms with Crippen LogP contribution in [-0.2, 0) is 9.47 Å². The van der Waals surface area contributed by atoms with E-state index < -0.39 is 12.4 Å². The van der Waals surface area contributed by atoms with Gasteiger partial charge in [-0.1, -0.05) is 22.0 Å². The van der Waals surface area contributed by atoms with E-state index in [4.69, 9.17) is 18.9 Å². The summed E-state index contributed by atoms with van der Waals surface area (Å²) in [5, 5.41) is 5.33. The number of carbonyl (C=O) groups excluding carboxylic acids is 1. The Morgan fingerprint density at radius 2 is 2.08 bits per heavy atom. The van der Waals surface area contributed by atoms with Gasteiger partial charge in [0.1, 0.15) is 6.17 Å². The van der Waals surface area contributed by atoms with Crippen LogP contribution in [0.5, 0.6) is 11.5 Å². The van der Waals surface area contributed by atoms with E-state index in [1.54, 1.807) is 21.1 Å².